The minimum Gasteiger partial charge on any atom is -0.462 e. The summed E-state index contributed by atoms with van der Waals surface area (Å²) in [6, 6.07) is 0. The largest absolute Gasteiger partial charge is 0.472 e. The van der Waals surface area contributed by atoms with Crippen LogP contribution in [0.1, 0.15) is 226 Å². The Hall–Kier alpha value is -1.93. The van der Waals surface area contributed by atoms with E-state index >= 15 is 0 Å². The van der Waals surface area contributed by atoms with Crippen LogP contribution in [0.2, 0.25) is 0 Å². The Morgan fingerprint density at radius 2 is 0.818 bits per heavy atom. The fraction of sp³-hybridized carbons (Fsp3) is 0.846. The molecule has 0 spiro atoms. The van der Waals surface area contributed by atoms with Gasteiger partial charge >= 0.3 is 19.8 Å². The Morgan fingerprint density at radius 3 is 1.27 bits per heavy atom. The standard InChI is InChI=1S/C52H95O13P/c1-3-5-7-9-11-13-15-17-19-20-21-22-23-24-25-27-28-30-32-34-36-38-40-45(53)62-42-44(43-63-66(60,61)65-52-50(58)48(56)47(55)49(57)51(52)59)64-46(54)41-39-37-35-33-31-29-26-18-16-14-12-10-8-6-4-2/h12,14,18,26,31,33,44,47-52,55-59H,3-11,13,15-17,19-25,27-30,32,34-43H2,1-2H3,(H,60,61)/b14-12+,26-18+,33-31+/t44-,47?,48-,49?,50?,51?,52?/m0/s1. The zero-order chi connectivity index (χ0) is 48.5. The molecule has 1 saturated carbocycles. The molecule has 0 bridgehead atoms. The zero-order valence-electron chi connectivity index (χ0n) is 41.2. The number of ether oxygens (including phenoxy) is 2. The van der Waals surface area contributed by atoms with Crippen molar-refractivity contribution in [1.29, 1.82) is 0 Å². The molecule has 0 radical (unpaired) electrons. The smallest absolute Gasteiger partial charge is 0.462 e. The van der Waals surface area contributed by atoms with Gasteiger partial charge in [0, 0.05) is 12.8 Å². The first kappa shape index (κ1) is 62.1. The van der Waals surface area contributed by atoms with Crippen molar-refractivity contribution in [2.24, 2.45) is 0 Å². The van der Waals surface area contributed by atoms with E-state index in [0.29, 0.717) is 12.8 Å². The minimum absolute atomic E-state index is 0.0497. The SMILES string of the molecule is CCCCC/C=C/C/C=C/C/C=C/CCCCC(=O)O[C@@H](COC(=O)CCCCCCCCCCCCCCCCCCCCCCCC)COP(=O)(O)OC1C(O)C(O)C(O)[C@H](O)C1O. The van der Waals surface area contributed by atoms with Crippen LogP contribution in [0.25, 0.3) is 0 Å². The van der Waals surface area contributed by atoms with Crippen molar-refractivity contribution >= 4 is 19.8 Å². The van der Waals surface area contributed by atoms with Crippen LogP contribution in [0.3, 0.4) is 0 Å². The fourth-order valence-electron chi connectivity index (χ4n) is 8.00. The zero-order valence-corrected chi connectivity index (χ0v) is 42.1. The van der Waals surface area contributed by atoms with Crippen LogP contribution in [0.5, 0.6) is 0 Å². The summed E-state index contributed by atoms with van der Waals surface area (Å²) < 4.78 is 33.6. The van der Waals surface area contributed by atoms with Gasteiger partial charge in [-0.15, -0.1) is 0 Å². The number of rotatable bonds is 44. The molecular weight excluding hydrogens is 864 g/mol. The Kier molecular flexibility index (Phi) is 39.5. The maximum Gasteiger partial charge on any atom is 0.472 e. The number of carbonyl (C=O) groups is 2. The molecule has 6 unspecified atom stereocenters. The molecule has 0 heterocycles. The van der Waals surface area contributed by atoms with Crippen molar-refractivity contribution in [3.05, 3.63) is 36.5 Å². The Labute approximate surface area is 399 Å². The molecular formula is C52H95O13P. The van der Waals surface area contributed by atoms with Gasteiger partial charge in [0.25, 0.3) is 0 Å². The predicted octanol–water partition coefficient (Wildman–Crippen LogP) is 11.3. The molecule has 1 aliphatic carbocycles. The summed E-state index contributed by atoms with van der Waals surface area (Å²) >= 11 is 0. The number of phosphoric ester groups is 1. The highest BCUT2D eigenvalue weighted by atomic mass is 31.2. The third-order valence-corrected chi connectivity index (χ3v) is 13.2. The molecule has 14 heteroatoms. The Bertz CT molecular complexity index is 1290. The van der Waals surface area contributed by atoms with Gasteiger partial charge in [0.2, 0.25) is 0 Å². The van der Waals surface area contributed by atoms with E-state index in [4.69, 9.17) is 18.5 Å². The third-order valence-electron chi connectivity index (χ3n) is 12.2. The average Bonchev–Trinajstić information content (AvgIpc) is 3.30. The Balaban J connectivity index is 2.37. The van der Waals surface area contributed by atoms with Crippen molar-refractivity contribution in [1.82, 2.24) is 0 Å². The van der Waals surface area contributed by atoms with E-state index in [9.17, 15) is 44.6 Å². The second-order valence-corrected chi connectivity index (χ2v) is 19.8. The third kappa shape index (κ3) is 33.5. The van der Waals surface area contributed by atoms with Crippen LogP contribution in [0.4, 0.5) is 0 Å². The van der Waals surface area contributed by atoms with Crippen LogP contribution in [-0.2, 0) is 32.7 Å². The van der Waals surface area contributed by atoms with Crippen molar-refractivity contribution in [3.63, 3.8) is 0 Å². The van der Waals surface area contributed by atoms with Gasteiger partial charge in [0.15, 0.2) is 6.10 Å². The highest BCUT2D eigenvalue weighted by molar-refractivity contribution is 7.47. The molecule has 1 fully saturated rings. The molecule has 66 heavy (non-hydrogen) atoms. The highest BCUT2D eigenvalue weighted by Crippen LogP contribution is 2.47. The maximum absolute atomic E-state index is 12.8. The summed E-state index contributed by atoms with van der Waals surface area (Å²) in [7, 11) is -5.13. The van der Waals surface area contributed by atoms with E-state index in [2.05, 4.69) is 50.3 Å². The number of hydrogen-bond acceptors (Lipinski definition) is 12. The van der Waals surface area contributed by atoms with Gasteiger partial charge in [-0.3, -0.25) is 18.6 Å². The van der Waals surface area contributed by atoms with Crippen LogP contribution in [0, 0.1) is 0 Å². The van der Waals surface area contributed by atoms with Gasteiger partial charge in [0.05, 0.1) is 6.61 Å². The molecule has 1 aliphatic rings. The van der Waals surface area contributed by atoms with E-state index in [-0.39, 0.29) is 12.8 Å². The molecule has 0 saturated heterocycles. The van der Waals surface area contributed by atoms with Crippen molar-refractivity contribution in [2.75, 3.05) is 13.2 Å². The van der Waals surface area contributed by atoms with Gasteiger partial charge in [-0.05, 0) is 51.4 Å². The predicted molar refractivity (Wildman–Crippen MR) is 263 cm³/mol. The monoisotopic (exact) mass is 959 g/mol. The summed E-state index contributed by atoms with van der Waals surface area (Å²) in [6.45, 7) is 3.27. The molecule has 0 aromatic carbocycles. The second kappa shape index (κ2) is 42.0. The molecule has 0 aromatic heterocycles. The summed E-state index contributed by atoms with van der Waals surface area (Å²) in [6.07, 6.45) is 36.3. The van der Waals surface area contributed by atoms with E-state index in [1.165, 1.54) is 135 Å². The number of aliphatic hydroxyl groups excluding tert-OH is 5. The molecule has 6 N–H and O–H groups in total. The van der Waals surface area contributed by atoms with Crippen molar-refractivity contribution in [2.45, 2.75) is 268 Å². The lowest BCUT2D eigenvalue weighted by Crippen LogP contribution is -2.64. The maximum atomic E-state index is 12.8. The van der Waals surface area contributed by atoms with Gasteiger partial charge in [-0.25, -0.2) is 4.57 Å². The fourth-order valence-corrected chi connectivity index (χ4v) is 8.97. The summed E-state index contributed by atoms with van der Waals surface area (Å²) in [5.41, 5.74) is 0. The molecule has 13 nitrogen and oxygen atoms in total. The van der Waals surface area contributed by atoms with E-state index in [0.717, 1.165) is 51.4 Å². The molecule has 0 aliphatic heterocycles. The van der Waals surface area contributed by atoms with E-state index in [1.807, 2.05) is 0 Å². The number of carbonyl (C=O) groups excluding carboxylic acids is 2. The molecule has 386 valence electrons. The summed E-state index contributed by atoms with van der Waals surface area (Å²) in [5.74, 6) is -1.14. The number of unbranched alkanes of at least 4 members (excludes halogenated alkanes) is 26. The summed E-state index contributed by atoms with van der Waals surface area (Å²) in [5, 5.41) is 50.2. The number of esters is 2. The summed E-state index contributed by atoms with van der Waals surface area (Å²) in [4.78, 5) is 35.8. The number of hydrogen-bond donors (Lipinski definition) is 6. The first-order chi connectivity index (χ1) is 31.9. The topological polar surface area (TPSA) is 210 Å². The van der Waals surface area contributed by atoms with Gasteiger partial charge in [-0.2, -0.15) is 0 Å². The number of aliphatic hydroxyl groups is 5. The Morgan fingerprint density at radius 1 is 0.470 bits per heavy atom. The van der Waals surface area contributed by atoms with E-state index < -0.39 is 75.7 Å². The average molecular weight is 959 g/mol. The van der Waals surface area contributed by atoms with Crippen LogP contribution < -0.4 is 0 Å². The van der Waals surface area contributed by atoms with Crippen LogP contribution >= 0.6 is 7.82 Å². The first-order valence-corrected chi connectivity index (χ1v) is 27.8. The van der Waals surface area contributed by atoms with Crippen molar-refractivity contribution < 1.29 is 63.1 Å². The second-order valence-electron chi connectivity index (χ2n) is 18.4. The quantitative estimate of drug-likeness (QED) is 0.0145. The normalized spacial score (nSPS) is 21.5. The highest BCUT2D eigenvalue weighted by Gasteiger charge is 2.51. The molecule has 0 aromatic rings. The minimum atomic E-state index is -5.13. The lowest BCUT2D eigenvalue weighted by molar-refractivity contribution is -0.220. The van der Waals surface area contributed by atoms with Crippen LogP contribution in [0.15, 0.2) is 36.5 Å². The number of phosphoric acid groups is 1. The van der Waals surface area contributed by atoms with Crippen LogP contribution in [-0.4, -0.2) is 98.3 Å². The van der Waals surface area contributed by atoms with Gasteiger partial charge < -0.3 is 39.9 Å². The van der Waals surface area contributed by atoms with Gasteiger partial charge in [0.1, 0.15) is 43.2 Å². The number of allylic oxidation sites excluding steroid dienone is 6. The lowest BCUT2D eigenvalue weighted by atomic mass is 9.85. The van der Waals surface area contributed by atoms with Crippen molar-refractivity contribution in [3.8, 4) is 0 Å². The first-order valence-electron chi connectivity index (χ1n) is 26.3. The molecule has 0 amide bonds. The van der Waals surface area contributed by atoms with E-state index in [1.54, 1.807) is 0 Å². The lowest BCUT2D eigenvalue weighted by Gasteiger charge is -2.41. The molecule has 1 rings (SSSR count). The van der Waals surface area contributed by atoms with Gasteiger partial charge in [-0.1, -0.05) is 198 Å². The molecule has 8 atom stereocenters.